The first-order valence-corrected chi connectivity index (χ1v) is 26.6. The van der Waals surface area contributed by atoms with Crippen molar-refractivity contribution in [3.05, 3.63) is 297 Å². The lowest BCUT2D eigenvalue weighted by molar-refractivity contribution is 0.669. The Kier molecular flexibility index (Phi) is 10.8. The minimum Gasteiger partial charge on any atom is -0.456 e. The molecule has 0 N–H and O–H groups in total. The highest BCUT2D eigenvalue weighted by Crippen LogP contribution is 2.42. The molecule has 2 heterocycles. The molecule has 4 nitrogen and oxygen atoms in total. The summed E-state index contributed by atoms with van der Waals surface area (Å²) < 4.78 is 8.65. The Morgan fingerprint density at radius 3 is 1.17 bits per heavy atom. The zero-order valence-corrected chi connectivity index (χ0v) is 42.5. The average Bonchev–Trinajstić information content (AvgIpc) is 4.18. The fraction of sp³-hybridized carbons (Fsp3) is 0. The second-order valence-electron chi connectivity index (χ2n) is 20.2. The number of nitrogens with zero attached hydrogens (tertiary/aromatic N) is 3. The van der Waals surface area contributed by atoms with Gasteiger partial charge < -0.3 is 18.8 Å². The van der Waals surface area contributed by atoms with E-state index >= 15 is 0 Å². The van der Waals surface area contributed by atoms with Gasteiger partial charge in [-0.1, -0.05) is 182 Å². The van der Waals surface area contributed by atoms with E-state index in [0.29, 0.717) is 0 Å². The molecule has 0 radical (unpaired) electrons. The molecule has 0 fully saturated rings. The molecule has 0 bridgehead atoms. The van der Waals surface area contributed by atoms with E-state index in [1.807, 2.05) is 12.1 Å². The van der Waals surface area contributed by atoms with Crippen molar-refractivity contribution >= 4 is 99.4 Å². The smallest absolute Gasteiger partial charge is 0.136 e. The molecule has 4 heteroatoms. The third kappa shape index (κ3) is 7.94. The van der Waals surface area contributed by atoms with Gasteiger partial charge in [0, 0.05) is 61.4 Å². The van der Waals surface area contributed by atoms with E-state index in [4.69, 9.17) is 4.42 Å². The molecule has 0 aliphatic carbocycles. The molecule has 2 aromatic heterocycles. The summed E-state index contributed by atoms with van der Waals surface area (Å²) >= 11 is 0. The number of benzene rings is 13. The second-order valence-corrected chi connectivity index (χ2v) is 20.2. The van der Waals surface area contributed by atoms with Crippen LogP contribution in [0.25, 0.3) is 104 Å². The Bertz CT molecular complexity index is 4710. The Labute approximate surface area is 452 Å². The van der Waals surface area contributed by atoms with Crippen molar-refractivity contribution in [2.75, 3.05) is 9.80 Å². The van der Waals surface area contributed by atoms with Crippen LogP contribution in [0.5, 0.6) is 0 Å². The zero-order valence-electron chi connectivity index (χ0n) is 42.5. The van der Waals surface area contributed by atoms with Gasteiger partial charge in [-0.3, -0.25) is 0 Å². The van der Waals surface area contributed by atoms with Crippen LogP contribution in [-0.2, 0) is 0 Å². The molecule has 0 amide bonds. The van der Waals surface area contributed by atoms with Crippen molar-refractivity contribution in [3.63, 3.8) is 0 Å². The number of hydrogen-bond acceptors (Lipinski definition) is 3. The van der Waals surface area contributed by atoms with E-state index < -0.39 is 0 Å². The van der Waals surface area contributed by atoms with E-state index in [1.165, 1.54) is 48.9 Å². The summed E-state index contributed by atoms with van der Waals surface area (Å²) in [6, 6.07) is 107. The largest absolute Gasteiger partial charge is 0.456 e. The molecule has 0 aliphatic rings. The minimum absolute atomic E-state index is 0.896. The molecule has 0 saturated carbocycles. The first-order valence-electron chi connectivity index (χ1n) is 26.6. The fourth-order valence-corrected chi connectivity index (χ4v) is 11.6. The van der Waals surface area contributed by atoms with Crippen LogP contribution in [-0.4, -0.2) is 4.57 Å². The molecular weight excluding hydrogens is 947 g/mol. The molecule has 13 aromatic carbocycles. The Morgan fingerprint density at radius 1 is 0.231 bits per heavy atom. The molecule has 78 heavy (non-hydrogen) atoms. The molecule has 15 aromatic rings. The van der Waals surface area contributed by atoms with Gasteiger partial charge in [0.2, 0.25) is 0 Å². The minimum atomic E-state index is 0.896. The highest BCUT2D eigenvalue weighted by Gasteiger charge is 2.19. The summed E-state index contributed by atoms with van der Waals surface area (Å²) in [7, 11) is 0. The Balaban J connectivity index is 0.752. The molecule has 0 saturated heterocycles. The van der Waals surface area contributed by atoms with Gasteiger partial charge >= 0.3 is 0 Å². The predicted molar refractivity (Wildman–Crippen MR) is 329 cm³/mol. The quantitative estimate of drug-likeness (QED) is 0.136. The van der Waals surface area contributed by atoms with Crippen LogP contribution in [0.4, 0.5) is 34.1 Å². The fourth-order valence-electron chi connectivity index (χ4n) is 11.6. The molecule has 366 valence electrons. The van der Waals surface area contributed by atoms with Crippen LogP contribution >= 0.6 is 0 Å². The number of fused-ring (bicyclic) bond motifs is 8. The first-order chi connectivity index (χ1) is 38.6. The summed E-state index contributed by atoms with van der Waals surface area (Å²) in [5.74, 6) is 0. The summed E-state index contributed by atoms with van der Waals surface area (Å²) in [5.41, 5.74) is 18.7. The van der Waals surface area contributed by atoms with E-state index in [-0.39, 0.29) is 0 Å². The van der Waals surface area contributed by atoms with E-state index in [1.54, 1.807) is 0 Å². The highest BCUT2D eigenvalue weighted by atomic mass is 16.3. The van der Waals surface area contributed by atoms with Crippen LogP contribution in [0.3, 0.4) is 0 Å². The maximum absolute atomic E-state index is 6.27. The van der Waals surface area contributed by atoms with Crippen LogP contribution in [0, 0.1) is 0 Å². The van der Waals surface area contributed by atoms with Crippen molar-refractivity contribution in [1.82, 2.24) is 4.57 Å². The number of furan rings is 1. The number of para-hydroxylation sites is 3. The van der Waals surface area contributed by atoms with Crippen LogP contribution in [0.2, 0.25) is 0 Å². The van der Waals surface area contributed by atoms with E-state index in [0.717, 1.165) is 89.6 Å². The monoisotopic (exact) mass is 995 g/mol. The van der Waals surface area contributed by atoms with Crippen LogP contribution in [0.15, 0.2) is 302 Å². The third-order valence-electron chi connectivity index (χ3n) is 15.6. The third-order valence-corrected chi connectivity index (χ3v) is 15.6. The normalized spacial score (nSPS) is 11.6. The Morgan fingerprint density at radius 2 is 0.615 bits per heavy atom. The summed E-state index contributed by atoms with van der Waals surface area (Å²) in [5, 5.41) is 9.59. The zero-order chi connectivity index (χ0) is 51.5. The average molecular weight is 996 g/mol. The summed E-state index contributed by atoms with van der Waals surface area (Å²) in [4.78, 5) is 4.71. The van der Waals surface area contributed by atoms with E-state index in [2.05, 4.69) is 299 Å². The topological polar surface area (TPSA) is 24.6 Å². The summed E-state index contributed by atoms with van der Waals surface area (Å²) in [6.07, 6.45) is 0. The van der Waals surface area contributed by atoms with Crippen molar-refractivity contribution in [2.24, 2.45) is 0 Å². The first kappa shape index (κ1) is 45.0. The lowest BCUT2D eigenvalue weighted by Gasteiger charge is -2.27. The maximum Gasteiger partial charge on any atom is 0.136 e. The molecule has 0 unspecified atom stereocenters. The van der Waals surface area contributed by atoms with Crippen molar-refractivity contribution in [3.8, 4) is 39.1 Å². The molecule has 0 aliphatic heterocycles. The van der Waals surface area contributed by atoms with Crippen LogP contribution < -0.4 is 9.80 Å². The van der Waals surface area contributed by atoms with Gasteiger partial charge in [-0.15, -0.1) is 0 Å². The molecular formula is C74H49N3O. The summed E-state index contributed by atoms with van der Waals surface area (Å²) in [6.45, 7) is 0. The predicted octanol–water partition coefficient (Wildman–Crippen LogP) is 20.9. The van der Waals surface area contributed by atoms with Gasteiger partial charge in [0.15, 0.2) is 0 Å². The number of hydrogen-bond donors (Lipinski definition) is 0. The lowest BCUT2D eigenvalue weighted by Crippen LogP contribution is -2.10. The van der Waals surface area contributed by atoms with Gasteiger partial charge in [-0.2, -0.15) is 0 Å². The van der Waals surface area contributed by atoms with Gasteiger partial charge in [0.05, 0.1) is 11.0 Å². The van der Waals surface area contributed by atoms with Gasteiger partial charge in [-0.25, -0.2) is 0 Å². The molecule has 15 rings (SSSR count). The second kappa shape index (κ2) is 18.7. The van der Waals surface area contributed by atoms with E-state index in [9.17, 15) is 0 Å². The highest BCUT2D eigenvalue weighted by molar-refractivity contribution is 6.10. The van der Waals surface area contributed by atoms with Gasteiger partial charge in [0.1, 0.15) is 11.2 Å². The number of rotatable bonds is 10. The number of anilines is 6. The van der Waals surface area contributed by atoms with Gasteiger partial charge in [-0.05, 0) is 170 Å². The Hall–Kier alpha value is -10.4. The van der Waals surface area contributed by atoms with Gasteiger partial charge in [0.25, 0.3) is 0 Å². The van der Waals surface area contributed by atoms with Crippen LogP contribution in [0.1, 0.15) is 0 Å². The standard InChI is InChI=1S/C74H49N3O/c1-2-16-60(17-3-1)77-71-20-10-8-18-67(71)68-44-32-58(48-72(68)77)54-26-38-63(39-27-54)75(65-42-30-50-12-4-6-14-56(50)46-65)61-34-22-52(23-35-61)53-24-36-62(37-25-53)76(66-43-31-51-13-5-7-15-57(51)47-66)64-40-28-55(29-41-64)59-33-45-70-69-19-9-11-21-73(69)78-74(70)49-59/h1-49H. The SMILES string of the molecule is c1ccc(-n2c3ccccc3c3ccc(-c4ccc(N(c5ccc(-c6ccc(N(c7ccc(-c8ccc9c(c8)oc8ccccc89)cc7)c7ccc8ccccc8c7)cc6)cc5)c5ccc6ccccc6c5)cc4)cc32)cc1. The molecule has 0 atom stereocenters. The van der Waals surface area contributed by atoms with Crippen molar-refractivity contribution in [2.45, 2.75) is 0 Å². The van der Waals surface area contributed by atoms with Crippen molar-refractivity contribution in [1.29, 1.82) is 0 Å². The van der Waals surface area contributed by atoms with Crippen molar-refractivity contribution < 1.29 is 4.42 Å². The maximum atomic E-state index is 6.27. The molecule has 0 spiro atoms. The number of aromatic nitrogens is 1. The lowest BCUT2D eigenvalue weighted by atomic mass is 10.0.